The van der Waals surface area contributed by atoms with Gasteiger partial charge in [-0.3, -0.25) is 9.59 Å². The molecule has 1 aromatic carbocycles. The summed E-state index contributed by atoms with van der Waals surface area (Å²) in [6.45, 7) is -0.250. The quantitative estimate of drug-likeness (QED) is 0.422. The third-order valence-electron chi connectivity index (χ3n) is 1.20. The number of hydrogen-bond donors (Lipinski definition) is 3. The molecule has 0 heterocycles. The lowest BCUT2D eigenvalue weighted by atomic mass is 10.2. The summed E-state index contributed by atoms with van der Waals surface area (Å²) in [5.41, 5.74) is 11.5. The van der Waals surface area contributed by atoms with Gasteiger partial charge in [0.2, 0.25) is 5.91 Å². The van der Waals surface area contributed by atoms with E-state index in [1.54, 1.807) is 24.3 Å². The first kappa shape index (κ1) is 11.0. The van der Waals surface area contributed by atoms with Crippen molar-refractivity contribution in [2.45, 2.75) is 0 Å². The molecule has 0 bridgehead atoms. The number of anilines is 1. The highest BCUT2D eigenvalue weighted by Gasteiger charge is 1.96. The van der Waals surface area contributed by atoms with Crippen molar-refractivity contribution in [1.29, 1.82) is 0 Å². The van der Waals surface area contributed by atoms with Gasteiger partial charge in [-0.05, 0) is 24.3 Å². The fraction of sp³-hybridized carbons (Fsp3) is 0. The molecule has 0 radical (unpaired) electrons. The first-order chi connectivity index (χ1) is 6.11. The summed E-state index contributed by atoms with van der Waals surface area (Å²) in [5.74, 6) is -0.431. The lowest BCUT2D eigenvalue weighted by Gasteiger charge is -1.93. The topological polar surface area (TPSA) is 106 Å². The largest absolute Gasteiger partial charge is 0.483 e. The van der Waals surface area contributed by atoms with Crippen molar-refractivity contribution in [2.24, 2.45) is 5.73 Å². The van der Waals surface area contributed by atoms with Gasteiger partial charge in [0, 0.05) is 11.3 Å². The maximum Gasteiger partial charge on any atom is 0.290 e. The minimum atomic E-state index is -0.431. The summed E-state index contributed by atoms with van der Waals surface area (Å²) in [4.78, 5) is 18.9. The fourth-order valence-electron chi connectivity index (χ4n) is 0.647. The van der Waals surface area contributed by atoms with E-state index < -0.39 is 5.91 Å². The Kier molecular flexibility index (Phi) is 4.71. The van der Waals surface area contributed by atoms with Crippen LogP contribution in [0.2, 0.25) is 0 Å². The van der Waals surface area contributed by atoms with Crippen LogP contribution in [0.4, 0.5) is 5.69 Å². The molecular weight excluding hydrogens is 172 g/mol. The van der Waals surface area contributed by atoms with Crippen molar-refractivity contribution in [3.8, 4) is 0 Å². The molecule has 0 aliphatic carbocycles. The third-order valence-corrected chi connectivity index (χ3v) is 1.20. The Hall–Kier alpha value is -2.04. The molecule has 0 spiro atoms. The van der Waals surface area contributed by atoms with Crippen molar-refractivity contribution in [1.82, 2.24) is 0 Å². The van der Waals surface area contributed by atoms with Gasteiger partial charge >= 0.3 is 0 Å². The Bertz CT molecular complexity index is 282. The Morgan fingerprint density at radius 2 is 1.69 bits per heavy atom. The van der Waals surface area contributed by atoms with Gasteiger partial charge in [-0.15, -0.1) is 0 Å². The second kappa shape index (κ2) is 5.59. The highest BCUT2D eigenvalue weighted by atomic mass is 16.3. The van der Waals surface area contributed by atoms with Crippen LogP contribution in [0.15, 0.2) is 24.3 Å². The minimum Gasteiger partial charge on any atom is -0.483 e. The van der Waals surface area contributed by atoms with Gasteiger partial charge in [-0.1, -0.05) is 0 Å². The van der Waals surface area contributed by atoms with E-state index in [4.69, 9.17) is 21.4 Å². The van der Waals surface area contributed by atoms with Crippen LogP contribution in [0.25, 0.3) is 0 Å². The fourth-order valence-corrected chi connectivity index (χ4v) is 0.647. The van der Waals surface area contributed by atoms with Gasteiger partial charge in [0.05, 0.1) is 0 Å². The van der Waals surface area contributed by atoms with Crippen LogP contribution < -0.4 is 11.5 Å². The summed E-state index contributed by atoms with van der Waals surface area (Å²) in [6.07, 6.45) is 0. The van der Waals surface area contributed by atoms with Gasteiger partial charge in [-0.25, -0.2) is 0 Å². The van der Waals surface area contributed by atoms with Gasteiger partial charge in [-0.2, -0.15) is 0 Å². The molecule has 0 unspecified atom stereocenters. The maximum atomic E-state index is 10.5. The molecule has 1 aromatic rings. The number of rotatable bonds is 1. The zero-order chi connectivity index (χ0) is 10.3. The molecule has 0 saturated carbocycles. The summed E-state index contributed by atoms with van der Waals surface area (Å²) >= 11 is 0. The molecule has 5 heteroatoms. The van der Waals surface area contributed by atoms with E-state index in [-0.39, 0.29) is 6.47 Å². The molecule has 0 aliphatic rings. The van der Waals surface area contributed by atoms with Gasteiger partial charge in [0.15, 0.2) is 0 Å². The van der Waals surface area contributed by atoms with E-state index in [1.807, 2.05) is 0 Å². The molecule has 0 saturated heterocycles. The van der Waals surface area contributed by atoms with E-state index >= 15 is 0 Å². The zero-order valence-corrected chi connectivity index (χ0v) is 6.81. The van der Waals surface area contributed by atoms with Crippen LogP contribution in [-0.4, -0.2) is 17.5 Å². The number of benzene rings is 1. The van der Waals surface area contributed by atoms with E-state index in [0.29, 0.717) is 11.3 Å². The van der Waals surface area contributed by atoms with Crippen LogP contribution in [0.1, 0.15) is 10.4 Å². The molecule has 1 rings (SSSR count). The summed E-state index contributed by atoms with van der Waals surface area (Å²) < 4.78 is 0. The second-order valence-electron chi connectivity index (χ2n) is 2.09. The smallest absolute Gasteiger partial charge is 0.290 e. The van der Waals surface area contributed by atoms with Gasteiger partial charge in [0.1, 0.15) is 0 Å². The average molecular weight is 182 g/mol. The Balaban J connectivity index is 0.000000424. The van der Waals surface area contributed by atoms with Crippen LogP contribution in [0, 0.1) is 0 Å². The maximum absolute atomic E-state index is 10.5. The number of nitrogen functional groups attached to an aromatic ring is 1. The van der Waals surface area contributed by atoms with Crippen molar-refractivity contribution < 1.29 is 14.7 Å². The molecule has 5 nitrogen and oxygen atoms in total. The summed E-state index contributed by atoms with van der Waals surface area (Å²) in [7, 11) is 0. The monoisotopic (exact) mass is 182 g/mol. The zero-order valence-electron chi connectivity index (χ0n) is 6.81. The molecule has 0 aliphatic heterocycles. The number of nitrogens with two attached hydrogens (primary N) is 2. The van der Waals surface area contributed by atoms with Crippen molar-refractivity contribution >= 4 is 18.1 Å². The van der Waals surface area contributed by atoms with Crippen molar-refractivity contribution in [3.05, 3.63) is 29.8 Å². The first-order valence-corrected chi connectivity index (χ1v) is 3.35. The van der Waals surface area contributed by atoms with E-state index in [2.05, 4.69) is 0 Å². The predicted octanol–water partition coefficient (Wildman–Crippen LogP) is 0.0685. The molecule has 0 fully saturated rings. The number of hydrogen-bond acceptors (Lipinski definition) is 3. The van der Waals surface area contributed by atoms with E-state index in [0.717, 1.165) is 0 Å². The lowest BCUT2D eigenvalue weighted by molar-refractivity contribution is -0.122. The normalized spacial score (nSPS) is 8.00. The van der Waals surface area contributed by atoms with Crippen LogP contribution in [-0.2, 0) is 4.79 Å². The third kappa shape index (κ3) is 4.41. The number of primary amides is 1. The highest BCUT2D eigenvalue weighted by molar-refractivity contribution is 5.92. The minimum absolute atomic E-state index is 0.250. The predicted molar refractivity (Wildman–Crippen MR) is 48.1 cm³/mol. The number of amides is 1. The van der Waals surface area contributed by atoms with Crippen LogP contribution >= 0.6 is 0 Å². The molecule has 70 valence electrons. The molecular formula is C8H10N2O3. The summed E-state index contributed by atoms with van der Waals surface area (Å²) in [5, 5.41) is 6.89. The van der Waals surface area contributed by atoms with E-state index in [9.17, 15) is 4.79 Å². The van der Waals surface area contributed by atoms with Crippen LogP contribution in [0.5, 0.6) is 0 Å². The van der Waals surface area contributed by atoms with Gasteiger partial charge in [0.25, 0.3) is 6.47 Å². The average Bonchev–Trinajstić information content (AvgIpc) is 2.06. The van der Waals surface area contributed by atoms with Gasteiger partial charge < -0.3 is 16.6 Å². The molecule has 5 N–H and O–H groups in total. The number of carbonyl (C=O) groups excluding carboxylic acids is 1. The second-order valence-corrected chi connectivity index (χ2v) is 2.09. The number of carboxylic acid groups (broad SMARTS) is 1. The number of carbonyl (C=O) groups is 2. The van der Waals surface area contributed by atoms with Crippen molar-refractivity contribution in [2.75, 3.05) is 5.73 Å². The lowest BCUT2D eigenvalue weighted by Crippen LogP contribution is -2.10. The SMILES string of the molecule is NC(=O)c1ccc(N)cc1.O=CO. The van der Waals surface area contributed by atoms with Crippen LogP contribution in [0.3, 0.4) is 0 Å². The van der Waals surface area contributed by atoms with Crippen molar-refractivity contribution in [3.63, 3.8) is 0 Å². The standard InChI is InChI=1S/C7H8N2O.CH2O2/c8-6-3-1-5(2-4-6)7(9)10;2-1-3/h1-4H,8H2,(H2,9,10);1H,(H,2,3). The Labute approximate surface area is 75.0 Å². The Morgan fingerprint density at radius 1 is 1.31 bits per heavy atom. The summed E-state index contributed by atoms with van der Waals surface area (Å²) in [6, 6.07) is 6.47. The highest BCUT2D eigenvalue weighted by Crippen LogP contribution is 2.03. The molecule has 13 heavy (non-hydrogen) atoms. The first-order valence-electron chi connectivity index (χ1n) is 3.35. The molecule has 1 amide bonds. The molecule has 0 atom stereocenters. The molecule has 0 aromatic heterocycles. The van der Waals surface area contributed by atoms with E-state index in [1.165, 1.54) is 0 Å². The Morgan fingerprint density at radius 3 is 2.00 bits per heavy atom.